The summed E-state index contributed by atoms with van der Waals surface area (Å²) in [7, 11) is 0. The molecule has 1 aromatic carbocycles. The third-order valence-electron chi connectivity index (χ3n) is 2.88. The fraction of sp³-hybridized carbons (Fsp3) is 0.467. The molecule has 2 amide bonds. The third-order valence-corrected chi connectivity index (χ3v) is 3.91. The van der Waals surface area contributed by atoms with Crippen molar-refractivity contribution in [3.8, 4) is 0 Å². The average molecular weight is 328 g/mol. The van der Waals surface area contributed by atoms with E-state index in [1.807, 2.05) is 0 Å². The number of benzene rings is 1. The minimum atomic E-state index is -0.869. The number of amides is 2. The van der Waals surface area contributed by atoms with Gasteiger partial charge in [0.1, 0.15) is 5.82 Å². The number of carbonyl (C=O) groups excluding carboxylic acids is 1. The van der Waals surface area contributed by atoms with E-state index in [1.54, 1.807) is 30.8 Å². The van der Waals surface area contributed by atoms with Crippen LogP contribution in [-0.2, 0) is 10.5 Å². The van der Waals surface area contributed by atoms with Crippen LogP contribution in [0.2, 0.25) is 0 Å². The molecule has 7 heteroatoms. The summed E-state index contributed by atoms with van der Waals surface area (Å²) in [6, 6.07) is 5.88. The van der Waals surface area contributed by atoms with Gasteiger partial charge in [0.25, 0.3) is 0 Å². The van der Waals surface area contributed by atoms with E-state index < -0.39 is 5.97 Å². The Labute approximate surface area is 133 Å². The smallest absolute Gasteiger partial charge is 0.315 e. The minimum Gasteiger partial charge on any atom is -0.481 e. The normalized spacial score (nSPS) is 11.7. The zero-order chi connectivity index (χ0) is 16.4. The highest BCUT2D eigenvalue weighted by atomic mass is 32.2. The van der Waals surface area contributed by atoms with E-state index in [9.17, 15) is 14.0 Å². The van der Waals surface area contributed by atoms with Crippen molar-refractivity contribution in [1.29, 1.82) is 0 Å². The number of carboxylic acids is 1. The van der Waals surface area contributed by atoms with Crippen LogP contribution in [0.25, 0.3) is 0 Å². The van der Waals surface area contributed by atoms with Crippen molar-refractivity contribution in [2.75, 3.05) is 12.3 Å². The van der Waals surface area contributed by atoms with Crippen molar-refractivity contribution >= 4 is 23.8 Å². The Morgan fingerprint density at radius 3 is 2.64 bits per heavy atom. The van der Waals surface area contributed by atoms with Gasteiger partial charge in [-0.1, -0.05) is 12.1 Å². The maximum absolute atomic E-state index is 12.7. The minimum absolute atomic E-state index is 0.0367. The maximum Gasteiger partial charge on any atom is 0.315 e. The summed E-state index contributed by atoms with van der Waals surface area (Å²) in [5.41, 5.74) is 1.04. The van der Waals surface area contributed by atoms with Crippen LogP contribution >= 0.6 is 11.8 Å². The highest BCUT2D eigenvalue weighted by molar-refractivity contribution is 7.98. The summed E-state index contributed by atoms with van der Waals surface area (Å²) in [5.74, 6) is 0.391. The summed E-state index contributed by atoms with van der Waals surface area (Å²) in [6.45, 7) is 2.29. The summed E-state index contributed by atoms with van der Waals surface area (Å²) >= 11 is 1.64. The van der Waals surface area contributed by atoms with E-state index >= 15 is 0 Å². The van der Waals surface area contributed by atoms with Gasteiger partial charge < -0.3 is 15.7 Å². The standard InChI is InChI=1S/C15H21FN2O3S/c1-11(2-7-14(19)20)18-15(21)17-8-9-22-10-12-3-5-13(16)6-4-12/h3-6,11H,2,7-10H2,1H3,(H,19,20)(H2,17,18,21)/t11-/m1/s1. The van der Waals surface area contributed by atoms with Crippen LogP contribution in [0.4, 0.5) is 9.18 Å². The monoisotopic (exact) mass is 328 g/mol. The van der Waals surface area contributed by atoms with Crippen LogP contribution in [0.15, 0.2) is 24.3 Å². The SMILES string of the molecule is C[C@H](CCC(=O)O)NC(=O)NCCSCc1ccc(F)cc1. The molecule has 22 heavy (non-hydrogen) atoms. The molecule has 3 N–H and O–H groups in total. The Balaban J connectivity index is 2.07. The van der Waals surface area contributed by atoms with Crippen molar-refractivity contribution in [2.45, 2.75) is 31.6 Å². The molecule has 1 atom stereocenters. The Bertz CT molecular complexity index is 482. The van der Waals surface area contributed by atoms with Crippen molar-refractivity contribution in [2.24, 2.45) is 0 Å². The lowest BCUT2D eigenvalue weighted by Crippen LogP contribution is -2.41. The number of urea groups is 1. The van der Waals surface area contributed by atoms with Crippen LogP contribution in [0.3, 0.4) is 0 Å². The lowest BCUT2D eigenvalue weighted by atomic mass is 10.2. The van der Waals surface area contributed by atoms with Gasteiger partial charge in [0.05, 0.1) is 0 Å². The van der Waals surface area contributed by atoms with Gasteiger partial charge in [-0.15, -0.1) is 0 Å². The van der Waals surface area contributed by atoms with Crippen molar-refractivity contribution < 1.29 is 19.1 Å². The molecule has 122 valence electrons. The highest BCUT2D eigenvalue weighted by Crippen LogP contribution is 2.11. The second kappa shape index (κ2) is 10.0. The molecule has 1 rings (SSSR count). The number of halogens is 1. The van der Waals surface area contributed by atoms with Crippen LogP contribution in [0.1, 0.15) is 25.3 Å². The molecule has 0 saturated heterocycles. The molecule has 0 heterocycles. The van der Waals surface area contributed by atoms with Gasteiger partial charge in [-0.05, 0) is 31.0 Å². The molecule has 5 nitrogen and oxygen atoms in total. The quantitative estimate of drug-likeness (QED) is 0.609. The lowest BCUT2D eigenvalue weighted by molar-refractivity contribution is -0.137. The fourth-order valence-electron chi connectivity index (χ4n) is 1.69. The molecule has 0 saturated carbocycles. The predicted molar refractivity (Wildman–Crippen MR) is 85.4 cm³/mol. The Morgan fingerprint density at radius 2 is 2.00 bits per heavy atom. The highest BCUT2D eigenvalue weighted by Gasteiger charge is 2.08. The van der Waals surface area contributed by atoms with Gasteiger partial charge in [0.15, 0.2) is 0 Å². The van der Waals surface area contributed by atoms with E-state index in [2.05, 4.69) is 10.6 Å². The van der Waals surface area contributed by atoms with Gasteiger partial charge in [0, 0.05) is 30.5 Å². The number of hydrogen-bond acceptors (Lipinski definition) is 3. The summed E-state index contributed by atoms with van der Waals surface area (Å²) in [4.78, 5) is 22.0. The number of nitrogens with one attached hydrogen (secondary N) is 2. The number of aliphatic carboxylic acids is 1. The molecule has 0 aliphatic carbocycles. The number of hydrogen-bond donors (Lipinski definition) is 3. The van der Waals surface area contributed by atoms with E-state index in [-0.39, 0.29) is 24.3 Å². The van der Waals surface area contributed by atoms with E-state index in [4.69, 9.17) is 5.11 Å². The summed E-state index contributed by atoms with van der Waals surface area (Å²) in [5, 5.41) is 14.0. The topological polar surface area (TPSA) is 78.4 Å². The first-order valence-corrected chi connectivity index (χ1v) is 8.21. The van der Waals surface area contributed by atoms with Crippen molar-refractivity contribution in [3.63, 3.8) is 0 Å². The summed E-state index contributed by atoms with van der Waals surface area (Å²) < 4.78 is 12.7. The molecule has 0 aliphatic rings. The first-order valence-electron chi connectivity index (χ1n) is 7.05. The molecule has 0 aromatic heterocycles. The Hall–Kier alpha value is -1.76. The second-order valence-electron chi connectivity index (χ2n) is 4.91. The number of rotatable bonds is 9. The van der Waals surface area contributed by atoms with E-state index in [1.165, 1.54) is 12.1 Å². The van der Waals surface area contributed by atoms with Gasteiger partial charge >= 0.3 is 12.0 Å². The number of thioether (sulfide) groups is 1. The fourth-order valence-corrected chi connectivity index (χ4v) is 2.51. The number of carboxylic acid groups (broad SMARTS) is 1. The molecule has 0 fully saturated rings. The van der Waals surface area contributed by atoms with Crippen molar-refractivity contribution in [1.82, 2.24) is 10.6 Å². The Kier molecular flexibility index (Phi) is 8.35. The largest absolute Gasteiger partial charge is 0.481 e. The molecular weight excluding hydrogens is 307 g/mol. The molecule has 0 aliphatic heterocycles. The van der Waals surface area contributed by atoms with Crippen molar-refractivity contribution in [3.05, 3.63) is 35.6 Å². The van der Waals surface area contributed by atoms with Crippen LogP contribution in [0, 0.1) is 5.82 Å². The van der Waals surface area contributed by atoms with Gasteiger partial charge in [-0.2, -0.15) is 11.8 Å². The molecule has 0 bridgehead atoms. The van der Waals surface area contributed by atoms with Gasteiger partial charge in [0.2, 0.25) is 0 Å². The molecule has 1 aromatic rings. The molecule has 0 spiro atoms. The number of carbonyl (C=O) groups is 2. The van der Waals surface area contributed by atoms with Crippen LogP contribution < -0.4 is 10.6 Å². The summed E-state index contributed by atoms with van der Waals surface area (Å²) in [6.07, 6.45) is 0.442. The zero-order valence-electron chi connectivity index (χ0n) is 12.5. The van der Waals surface area contributed by atoms with Crippen LogP contribution in [-0.4, -0.2) is 35.4 Å². The molecule has 0 unspecified atom stereocenters. The molecule has 0 radical (unpaired) electrons. The van der Waals surface area contributed by atoms with E-state index in [0.717, 1.165) is 17.1 Å². The first kappa shape index (κ1) is 18.3. The van der Waals surface area contributed by atoms with Crippen LogP contribution in [0.5, 0.6) is 0 Å². The molecular formula is C15H21FN2O3S. The van der Waals surface area contributed by atoms with Gasteiger partial charge in [-0.3, -0.25) is 4.79 Å². The maximum atomic E-state index is 12.7. The third kappa shape index (κ3) is 8.51. The Morgan fingerprint density at radius 1 is 1.32 bits per heavy atom. The average Bonchev–Trinajstić information content (AvgIpc) is 2.46. The zero-order valence-corrected chi connectivity index (χ0v) is 13.3. The van der Waals surface area contributed by atoms with E-state index in [0.29, 0.717) is 13.0 Å². The second-order valence-corrected chi connectivity index (χ2v) is 6.02. The first-order chi connectivity index (χ1) is 10.5. The van der Waals surface area contributed by atoms with Gasteiger partial charge in [-0.25, -0.2) is 9.18 Å². The predicted octanol–water partition coefficient (Wildman–Crippen LogP) is 2.61. The lowest BCUT2D eigenvalue weighted by Gasteiger charge is -2.13.